The zero-order valence-electron chi connectivity index (χ0n) is 11.6. The first kappa shape index (κ1) is 14.9. The van der Waals surface area contributed by atoms with E-state index in [0.717, 1.165) is 37.8 Å². The fraction of sp³-hybridized carbons (Fsp3) is 0.533. The van der Waals surface area contributed by atoms with Crippen molar-refractivity contribution in [3.05, 3.63) is 35.4 Å². The minimum absolute atomic E-state index is 0.0121. The third kappa shape index (κ3) is 3.33. The number of benzene rings is 1. The Hall–Kier alpha value is -1.49. The Bertz CT molecular complexity index is 493. The first-order valence-electron chi connectivity index (χ1n) is 6.93. The van der Waals surface area contributed by atoms with Crippen LogP contribution in [0.25, 0.3) is 0 Å². The van der Waals surface area contributed by atoms with Crippen molar-refractivity contribution in [3.63, 3.8) is 0 Å². The molecule has 2 N–H and O–H groups in total. The predicted octanol–water partition coefficient (Wildman–Crippen LogP) is 2.44. The lowest BCUT2D eigenvalue weighted by Crippen LogP contribution is -2.44. The van der Waals surface area contributed by atoms with Gasteiger partial charge in [-0.2, -0.15) is 0 Å². The Balaban J connectivity index is 2.01. The molecule has 0 spiro atoms. The number of carbonyl (C=O) groups is 1. The van der Waals surface area contributed by atoms with Crippen LogP contribution >= 0.6 is 0 Å². The van der Waals surface area contributed by atoms with Crippen LogP contribution < -0.4 is 5.73 Å². The molecule has 0 heterocycles. The van der Waals surface area contributed by atoms with Gasteiger partial charge in [0.25, 0.3) is 0 Å². The van der Waals surface area contributed by atoms with Gasteiger partial charge in [-0.05, 0) is 30.5 Å². The van der Waals surface area contributed by atoms with Crippen LogP contribution in [0, 0.1) is 17.6 Å². The van der Waals surface area contributed by atoms with Crippen molar-refractivity contribution in [2.75, 3.05) is 7.05 Å². The molecule has 1 saturated carbocycles. The summed E-state index contributed by atoms with van der Waals surface area (Å²) in [5.41, 5.74) is 6.57. The Morgan fingerprint density at radius 2 is 2.00 bits per heavy atom. The van der Waals surface area contributed by atoms with Crippen molar-refractivity contribution in [1.29, 1.82) is 0 Å². The van der Waals surface area contributed by atoms with Gasteiger partial charge in [0.05, 0.1) is 5.92 Å². The summed E-state index contributed by atoms with van der Waals surface area (Å²) in [6, 6.07) is 3.60. The Kier molecular flexibility index (Phi) is 4.70. The first-order chi connectivity index (χ1) is 9.49. The van der Waals surface area contributed by atoms with Crippen LogP contribution in [0.15, 0.2) is 18.2 Å². The van der Waals surface area contributed by atoms with E-state index >= 15 is 0 Å². The van der Waals surface area contributed by atoms with E-state index in [4.69, 9.17) is 5.73 Å². The Labute approximate surface area is 117 Å². The number of carbonyl (C=O) groups excluding carboxylic acids is 1. The summed E-state index contributed by atoms with van der Waals surface area (Å²) in [7, 11) is 1.67. The van der Waals surface area contributed by atoms with Crippen LogP contribution in [0.1, 0.15) is 31.2 Å². The standard InChI is InChI=1S/C15H20F2N2O/c1-19(9-10-6-7-12(16)13(17)8-10)15(20)11-4-2-3-5-14(11)18/h6-8,11,14H,2-5,9,18H2,1H3. The molecule has 2 unspecified atom stereocenters. The number of hydrogen-bond acceptors (Lipinski definition) is 2. The van der Waals surface area contributed by atoms with E-state index < -0.39 is 11.6 Å². The van der Waals surface area contributed by atoms with Crippen LogP contribution in [0.2, 0.25) is 0 Å². The molecule has 1 aliphatic rings. The van der Waals surface area contributed by atoms with Crippen LogP contribution in [-0.2, 0) is 11.3 Å². The van der Waals surface area contributed by atoms with Gasteiger partial charge in [0.1, 0.15) is 0 Å². The molecule has 0 aromatic heterocycles. The quantitative estimate of drug-likeness (QED) is 0.925. The first-order valence-corrected chi connectivity index (χ1v) is 6.93. The number of nitrogens with two attached hydrogens (primary N) is 1. The fourth-order valence-corrected chi connectivity index (χ4v) is 2.74. The average Bonchev–Trinajstić information content (AvgIpc) is 2.42. The van der Waals surface area contributed by atoms with Crippen molar-refractivity contribution in [2.24, 2.45) is 11.7 Å². The van der Waals surface area contributed by atoms with Gasteiger partial charge < -0.3 is 10.6 Å². The maximum Gasteiger partial charge on any atom is 0.227 e. The summed E-state index contributed by atoms with van der Waals surface area (Å²) in [6.45, 7) is 0.263. The van der Waals surface area contributed by atoms with Crippen LogP contribution in [0.5, 0.6) is 0 Å². The largest absolute Gasteiger partial charge is 0.341 e. The van der Waals surface area contributed by atoms with Crippen LogP contribution in [0.3, 0.4) is 0 Å². The second kappa shape index (κ2) is 6.31. The summed E-state index contributed by atoms with van der Waals surface area (Å²) >= 11 is 0. The molecule has 1 aromatic rings. The molecule has 1 fully saturated rings. The van der Waals surface area contributed by atoms with Gasteiger partial charge >= 0.3 is 0 Å². The van der Waals surface area contributed by atoms with Gasteiger partial charge in [0.15, 0.2) is 11.6 Å². The molecular formula is C15H20F2N2O. The van der Waals surface area contributed by atoms with Crippen molar-refractivity contribution in [2.45, 2.75) is 38.3 Å². The van der Waals surface area contributed by atoms with Crippen LogP contribution in [0.4, 0.5) is 8.78 Å². The van der Waals surface area contributed by atoms with E-state index in [0.29, 0.717) is 5.56 Å². The molecule has 110 valence electrons. The summed E-state index contributed by atoms with van der Waals surface area (Å²) in [6.07, 6.45) is 3.76. The molecule has 20 heavy (non-hydrogen) atoms. The summed E-state index contributed by atoms with van der Waals surface area (Å²) < 4.78 is 26.0. The lowest BCUT2D eigenvalue weighted by Gasteiger charge is -2.31. The Morgan fingerprint density at radius 1 is 1.30 bits per heavy atom. The molecule has 1 aromatic carbocycles. The smallest absolute Gasteiger partial charge is 0.227 e. The third-order valence-corrected chi connectivity index (χ3v) is 3.92. The summed E-state index contributed by atoms with van der Waals surface area (Å²) in [5.74, 6) is -1.93. The molecule has 2 atom stereocenters. The van der Waals surface area contributed by atoms with Crippen LogP contribution in [-0.4, -0.2) is 23.9 Å². The van der Waals surface area contributed by atoms with Gasteiger partial charge in [-0.15, -0.1) is 0 Å². The molecule has 2 rings (SSSR count). The Morgan fingerprint density at radius 3 is 2.65 bits per heavy atom. The highest BCUT2D eigenvalue weighted by atomic mass is 19.2. The highest BCUT2D eigenvalue weighted by molar-refractivity contribution is 5.79. The fourth-order valence-electron chi connectivity index (χ4n) is 2.74. The number of nitrogens with zero attached hydrogens (tertiary/aromatic N) is 1. The summed E-state index contributed by atoms with van der Waals surface area (Å²) in [5, 5.41) is 0. The van der Waals surface area contributed by atoms with Crippen molar-refractivity contribution in [1.82, 2.24) is 4.90 Å². The zero-order valence-corrected chi connectivity index (χ0v) is 11.6. The topological polar surface area (TPSA) is 46.3 Å². The third-order valence-electron chi connectivity index (χ3n) is 3.92. The molecule has 1 amide bonds. The molecule has 0 aliphatic heterocycles. The summed E-state index contributed by atoms with van der Waals surface area (Å²) in [4.78, 5) is 13.9. The molecule has 0 radical (unpaired) electrons. The minimum Gasteiger partial charge on any atom is -0.341 e. The van der Waals surface area contributed by atoms with Crippen molar-refractivity contribution < 1.29 is 13.6 Å². The molecule has 3 nitrogen and oxygen atoms in total. The molecule has 0 bridgehead atoms. The normalized spacial score (nSPS) is 22.6. The van der Waals surface area contributed by atoms with E-state index in [-0.39, 0.29) is 24.4 Å². The highest BCUT2D eigenvalue weighted by Crippen LogP contribution is 2.25. The van der Waals surface area contributed by atoms with E-state index in [1.165, 1.54) is 6.07 Å². The van der Waals surface area contributed by atoms with E-state index in [1.807, 2.05) is 0 Å². The minimum atomic E-state index is -0.891. The second-order valence-electron chi connectivity index (χ2n) is 5.50. The van der Waals surface area contributed by atoms with Crippen molar-refractivity contribution >= 4 is 5.91 Å². The van der Waals surface area contributed by atoms with Gasteiger partial charge in [-0.3, -0.25) is 4.79 Å². The van der Waals surface area contributed by atoms with Gasteiger partial charge in [-0.25, -0.2) is 8.78 Å². The lowest BCUT2D eigenvalue weighted by molar-refractivity contribution is -0.136. The molecule has 5 heteroatoms. The number of hydrogen-bond donors (Lipinski definition) is 1. The van der Waals surface area contributed by atoms with E-state index in [9.17, 15) is 13.6 Å². The number of amides is 1. The lowest BCUT2D eigenvalue weighted by atomic mass is 9.84. The van der Waals surface area contributed by atoms with Gasteiger partial charge in [-0.1, -0.05) is 18.9 Å². The van der Waals surface area contributed by atoms with E-state index in [2.05, 4.69) is 0 Å². The number of rotatable bonds is 3. The predicted molar refractivity (Wildman–Crippen MR) is 72.8 cm³/mol. The SMILES string of the molecule is CN(Cc1ccc(F)c(F)c1)C(=O)C1CCCCC1N. The molecular weight excluding hydrogens is 262 g/mol. The zero-order chi connectivity index (χ0) is 14.7. The van der Waals surface area contributed by atoms with Gasteiger partial charge in [0, 0.05) is 19.6 Å². The maximum atomic E-state index is 13.1. The van der Waals surface area contributed by atoms with Crippen molar-refractivity contribution in [3.8, 4) is 0 Å². The monoisotopic (exact) mass is 282 g/mol. The molecule has 0 saturated heterocycles. The van der Waals surface area contributed by atoms with E-state index in [1.54, 1.807) is 11.9 Å². The second-order valence-corrected chi connectivity index (χ2v) is 5.50. The highest BCUT2D eigenvalue weighted by Gasteiger charge is 2.30. The van der Waals surface area contributed by atoms with Gasteiger partial charge in [0.2, 0.25) is 5.91 Å². The average molecular weight is 282 g/mol. The maximum absolute atomic E-state index is 13.1. The molecule has 1 aliphatic carbocycles. The number of halogens is 2.